The van der Waals surface area contributed by atoms with Gasteiger partial charge in [-0.1, -0.05) is 12.1 Å². The van der Waals surface area contributed by atoms with Crippen molar-refractivity contribution in [2.75, 3.05) is 12.4 Å². The van der Waals surface area contributed by atoms with Crippen LogP contribution in [0.25, 0.3) is 0 Å². The van der Waals surface area contributed by atoms with Crippen molar-refractivity contribution >= 4 is 11.6 Å². The number of alkyl halides is 3. The zero-order chi connectivity index (χ0) is 20.5. The number of halogens is 3. The first-order chi connectivity index (χ1) is 13.2. The second-order valence-electron chi connectivity index (χ2n) is 7.13. The molecule has 2 N–H and O–H groups in total. The number of ether oxygens (including phenoxy) is 1. The first-order valence-electron chi connectivity index (χ1n) is 9.02. The lowest BCUT2D eigenvalue weighted by Gasteiger charge is -2.25. The monoisotopic (exact) mass is 393 g/mol. The smallest absolute Gasteiger partial charge is 0.416 e. The molecule has 1 aliphatic rings. The molecule has 0 spiro atoms. The van der Waals surface area contributed by atoms with E-state index in [4.69, 9.17) is 4.74 Å². The van der Waals surface area contributed by atoms with Gasteiger partial charge in [0.05, 0.1) is 18.8 Å². The Morgan fingerprint density at radius 1 is 1.21 bits per heavy atom. The van der Waals surface area contributed by atoms with E-state index in [1.54, 1.807) is 26.2 Å². The maximum atomic E-state index is 13.2. The number of hydrogen-bond acceptors (Lipinski definition) is 3. The third-order valence-electron chi connectivity index (χ3n) is 5.09. The van der Waals surface area contributed by atoms with Crippen LogP contribution in [0.2, 0.25) is 0 Å². The van der Waals surface area contributed by atoms with E-state index in [-0.39, 0.29) is 24.7 Å². The van der Waals surface area contributed by atoms with Crippen LogP contribution in [0.15, 0.2) is 42.5 Å². The highest BCUT2D eigenvalue weighted by atomic mass is 19.4. The molecule has 7 heteroatoms. The van der Waals surface area contributed by atoms with Crippen molar-refractivity contribution in [2.24, 2.45) is 5.92 Å². The zero-order valence-corrected chi connectivity index (χ0v) is 15.6. The summed E-state index contributed by atoms with van der Waals surface area (Å²) in [4.78, 5) is 12.8. The number of rotatable bonds is 4. The lowest BCUT2D eigenvalue weighted by molar-refractivity contribution is -0.137. The quantitative estimate of drug-likeness (QED) is 0.811. The van der Waals surface area contributed by atoms with Gasteiger partial charge in [-0.05, 0) is 67.1 Å². The minimum Gasteiger partial charge on any atom is -0.497 e. The number of hydrogen-bond donors (Lipinski definition) is 2. The second-order valence-corrected chi connectivity index (χ2v) is 7.13. The average molecular weight is 393 g/mol. The number of anilines is 1. The van der Waals surface area contributed by atoms with Gasteiger partial charge in [0.25, 0.3) is 0 Å². The summed E-state index contributed by atoms with van der Waals surface area (Å²) in [5.74, 6) is -0.603. The first kappa shape index (κ1) is 20.2. The Morgan fingerprint density at radius 3 is 2.46 bits per heavy atom. The highest BCUT2D eigenvalue weighted by Crippen LogP contribution is 2.40. The normalized spacial score (nSPS) is 20.7. The van der Waals surface area contributed by atoms with Crippen LogP contribution in [0.3, 0.4) is 0 Å². The molecule has 0 saturated heterocycles. The molecule has 0 aliphatic carbocycles. The van der Waals surface area contributed by atoms with Gasteiger partial charge in [-0.25, -0.2) is 0 Å². The summed E-state index contributed by atoms with van der Waals surface area (Å²) in [7, 11) is 1.54. The van der Waals surface area contributed by atoms with Crippen molar-refractivity contribution in [1.82, 2.24) is 0 Å². The van der Waals surface area contributed by atoms with Crippen molar-refractivity contribution in [3.8, 4) is 5.75 Å². The predicted octanol–water partition coefficient (Wildman–Crippen LogP) is 4.38. The topological polar surface area (TPSA) is 58.6 Å². The number of amides is 1. The molecule has 1 aliphatic heterocycles. The van der Waals surface area contributed by atoms with Crippen LogP contribution in [0.1, 0.15) is 36.0 Å². The number of aliphatic hydroxyl groups is 1. The maximum absolute atomic E-state index is 13.2. The minimum absolute atomic E-state index is 0.211. The molecule has 4 nitrogen and oxygen atoms in total. The standard InChI is InChI=1S/C21H22F3NO3/c1-12(26)9-18-17(13-3-6-16(28-2)7-4-13)11-14-10-15(21(22,23)24)5-8-19(14)25-20(18)27/h3-8,10,12,17-18,26H,9,11H2,1-2H3,(H,25,27)/t12?,17-,18+/m0/s1. The van der Waals surface area contributed by atoms with Crippen LogP contribution in [0, 0.1) is 5.92 Å². The van der Waals surface area contributed by atoms with Gasteiger partial charge >= 0.3 is 6.18 Å². The maximum Gasteiger partial charge on any atom is 0.416 e. The SMILES string of the molecule is COc1ccc([C@@H]2Cc3cc(C(F)(F)F)ccc3NC(=O)[C@@H]2CC(C)O)cc1. The first-order valence-corrected chi connectivity index (χ1v) is 9.02. The largest absolute Gasteiger partial charge is 0.497 e. The van der Waals surface area contributed by atoms with Crippen LogP contribution in [-0.4, -0.2) is 24.2 Å². The molecule has 0 fully saturated rings. The van der Waals surface area contributed by atoms with Crippen LogP contribution in [0.5, 0.6) is 5.75 Å². The highest BCUT2D eigenvalue weighted by Gasteiger charge is 2.36. The van der Waals surface area contributed by atoms with E-state index in [1.165, 1.54) is 6.07 Å². The molecule has 0 aromatic heterocycles. The fraction of sp³-hybridized carbons (Fsp3) is 0.381. The van der Waals surface area contributed by atoms with E-state index in [0.717, 1.165) is 17.7 Å². The van der Waals surface area contributed by atoms with Crippen LogP contribution < -0.4 is 10.1 Å². The average Bonchev–Trinajstić information content (AvgIpc) is 2.77. The third-order valence-corrected chi connectivity index (χ3v) is 5.09. The summed E-state index contributed by atoms with van der Waals surface area (Å²) in [5, 5.41) is 12.6. The lowest BCUT2D eigenvalue weighted by Crippen LogP contribution is -2.29. The van der Waals surface area contributed by atoms with Gasteiger partial charge in [0.15, 0.2) is 0 Å². The summed E-state index contributed by atoms with van der Waals surface area (Å²) in [5.41, 5.74) is 0.872. The Balaban J connectivity index is 2.05. The molecule has 3 rings (SSSR count). The Hall–Kier alpha value is -2.54. The van der Waals surface area contributed by atoms with E-state index in [9.17, 15) is 23.1 Å². The van der Waals surface area contributed by atoms with Gasteiger partial charge in [0.2, 0.25) is 5.91 Å². The molecule has 1 amide bonds. The van der Waals surface area contributed by atoms with E-state index >= 15 is 0 Å². The third kappa shape index (κ3) is 4.30. The molecular weight excluding hydrogens is 371 g/mol. The summed E-state index contributed by atoms with van der Waals surface area (Å²) in [6.07, 6.45) is -4.71. The highest BCUT2D eigenvalue weighted by molar-refractivity contribution is 5.95. The van der Waals surface area contributed by atoms with E-state index in [1.807, 2.05) is 12.1 Å². The van der Waals surface area contributed by atoms with E-state index in [2.05, 4.69) is 5.32 Å². The Labute approximate surface area is 161 Å². The fourth-order valence-corrected chi connectivity index (χ4v) is 3.69. The molecule has 28 heavy (non-hydrogen) atoms. The fourth-order valence-electron chi connectivity index (χ4n) is 3.69. The molecule has 1 heterocycles. The number of fused-ring (bicyclic) bond motifs is 1. The van der Waals surface area contributed by atoms with Crippen LogP contribution in [-0.2, 0) is 17.4 Å². The molecular formula is C21H22F3NO3. The Bertz CT molecular complexity index is 847. The van der Waals surface area contributed by atoms with Crippen molar-refractivity contribution in [3.05, 3.63) is 59.2 Å². The number of carbonyl (C=O) groups is 1. The molecule has 2 aromatic carbocycles. The second kappa shape index (κ2) is 7.83. The van der Waals surface area contributed by atoms with Crippen molar-refractivity contribution < 1.29 is 27.8 Å². The minimum atomic E-state index is -4.46. The predicted molar refractivity (Wildman–Crippen MR) is 99.3 cm³/mol. The summed E-state index contributed by atoms with van der Waals surface area (Å²) in [6.45, 7) is 1.60. The Morgan fingerprint density at radius 2 is 1.89 bits per heavy atom. The van der Waals surface area contributed by atoms with Gasteiger partial charge in [-0.3, -0.25) is 4.79 Å². The molecule has 150 valence electrons. The van der Waals surface area contributed by atoms with E-state index < -0.39 is 23.8 Å². The molecule has 3 atom stereocenters. The number of carbonyl (C=O) groups excluding carboxylic acids is 1. The van der Waals surface area contributed by atoms with Crippen LogP contribution in [0.4, 0.5) is 18.9 Å². The number of benzene rings is 2. The number of methoxy groups -OCH3 is 1. The molecule has 0 bridgehead atoms. The summed E-state index contributed by atoms with van der Waals surface area (Å²) in [6, 6.07) is 10.5. The van der Waals surface area contributed by atoms with Gasteiger partial charge < -0.3 is 15.2 Å². The summed E-state index contributed by atoms with van der Waals surface area (Å²) < 4.78 is 44.6. The van der Waals surface area contributed by atoms with Crippen LogP contribution >= 0.6 is 0 Å². The Kier molecular flexibility index (Phi) is 5.65. The molecule has 1 unspecified atom stereocenters. The van der Waals surface area contributed by atoms with Crippen molar-refractivity contribution in [2.45, 2.75) is 38.0 Å². The lowest BCUT2D eigenvalue weighted by atomic mass is 9.79. The summed E-state index contributed by atoms with van der Waals surface area (Å²) >= 11 is 0. The van der Waals surface area contributed by atoms with Gasteiger partial charge in [-0.15, -0.1) is 0 Å². The van der Waals surface area contributed by atoms with E-state index in [0.29, 0.717) is 17.0 Å². The molecule has 0 saturated carbocycles. The van der Waals surface area contributed by atoms with Crippen molar-refractivity contribution in [1.29, 1.82) is 0 Å². The van der Waals surface area contributed by atoms with Gasteiger partial charge in [0, 0.05) is 11.6 Å². The van der Waals surface area contributed by atoms with Gasteiger partial charge in [0.1, 0.15) is 5.75 Å². The van der Waals surface area contributed by atoms with Crippen molar-refractivity contribution in [3.63, 3.8) is 0 Å². The zero-order valence-electron chi connectivity index (χ0n) is 15.6. The molecule has 0 radical (unpaired) electrons. The number of aliphatic hydroxyl groups excluding tert-OH is 1. The van der Waals surface area contributed by atoms with Gasteiger partial charge in [-0.2, -0.15) is 13.2 Å². The molecule has 2 aromatic rings. The number of nitrogens with one attached hydrogen (secondary N) is 1.